The lowest BCUT2D eigenvalue weighted by atomic mass is 9.87. The Morgan fingerprint density at radius 1 is 0.298 bits per heavy atom. The van der Waals surface area contributed by atoms with Gasteiger partial charge in [0.25, 0.3) is 0 Å². The van der Waals surface area contributed by atoms with Gasteiger partial charge in [-0.15, -0.1) is 0 Å². The van der Waals surface area contributed by atoms with Crippen molar-refractivity contribution in [3.63, 3.8) is 0 Å². The molecule has 0 aliphatic carbocycles. The van der Waals surface area contributed by atoms with E-state index in [0.29, 0.717) is 0 Å². The fraction of sp³-hybridized carbons (Fsp3) is 0. The van der Waals surface area contributed by atoms with Crippen molar-refractivity contribution in [1.82, 2.24) is 0 Å². The molecule has 0 saturated heterocycles. The van der Waals surface area contributed by atoms with E-state index < -0.39 is 0 Å². The van der Waals surface area contributed by atoms with Crippen LogP contribution in [0.15, 0.2) is 176 Å². The zero-order chi connectivity index (χ0) is 30.9. The zero-order valence-electron chi connectivity index (χ0n) is 25.7. The van der Waals surface area contributed by atoms with E-state index in [9.17, 15) is 0 Å². The van der Waals surface area contributed by atoms with Crippen molar-refractivity contribution in [2.75, 3.05) is 4.90 Å². The Morgan fingerprint density at radius 3 is 1.79 bits per heavy atom. The predicted octanol–water partition coefficient (Wildman–Crippen LogP) is 13.1. The SMILES string of the molecule is c1ccc(N2c3ccccc3-c3cccc4c(-c5ccc6cc(-c7ccc8ccc9ccccc9c8c7)ccc6c5)ccc2c34)cc1. The molecule has 0 saturated carbocycles. The lowest BCUT2D eigenvalue weighted by Crippen LogP contribution is -2.15. The maximum Gasteiger partial charge on any atom is 0.0546 e. The third-order valence-corrected chi connectivity index (χ3v) is 9.94. The Hall–Kier alpha value is -6.18. The average Bonchev–Trinajstić information content (AvgIpc) is 3.15. The molecule has 0 fully saturated rings. The smallest absolute Gasteiger partial charge is 0.0546 e. The molecule has 1 heteroatoms. The van der Waals surface area contributed by atoms with Crippen LogP contribution in [0.4, 0.5) is 17.1 Å². The second-order valence-electron chi connectivity index (χ2n) is 12.5. The highest BCUT2D eigenvalue weighted by Gasteiger charge is 2.26. The van der Waals surface area contributed by atoms with Crippen molar-refractivity contribution < 1.29 is 0 Å². The van der Waals surface area contributed by atoms with E-state index in [1.165, 1.54) is 93.5 Å². The quantitative estimate of drug-likeness (QED) is 0.184. The van der Waals surface area contributed by atoms with Gasteiger partial charge in [0.15, 0.2) is 0 Å². The van der Waals surface area contributed by atoms with Gasteiger partial charge in [-0.25, -0.2) is 0 Å². The van der Waals surface area contributed by atoms with E-state index in [2.05, 4.69) is 181 Å². The minimum atomic E-state index is 1.17. The van der Waals surface area contributed by atoms with Gasteiger partial charge in [0.1, 0.15) is 0 Å². The van der Waals surface area contributed by atoms with Crippen LogP contribution >= 0.6 is 0 Å². The number of anilines is 3. The molecule has 0 spiro atoms. The summed E-state index contributed by atoms with van der Waals surface area (Å²) >= 11 is 0. The summed E-state index contributed by atoms with van der Waals surface area (Å²) in [4.78, 5) is 2.41. The molecule has 218 valence electrons. The first-order valence-electron chi connectivity index (χ1n) is 16.3. The summed E-state index contributed by atoms with van der Waals surface area (Å²) in [5.74, 6) is 0. The molecule has 0 atom stereocenters. The number of para-hydroxylation sites is 2. The minimum Gasteiger partial charge on any atom is -0.309 e. The lowest BCUT2D eigenvalue weighted by molar-refractivity contribution is 1.28. The molecule has 1 aliphatic rings. The first-order valence-corrected chi connectivity index (χ1v) is 16.3. The molecule has 47 heavy (non-hydrogen) atoms. The third-order valence-electron chi connectivity index (χ3n) is 9.94. The Kier molecular flexibility index (Phi) is 5.64. The maximum atomic E-state index is 2.41. The largest absolute Gasteiger partial charge is 0.309 e. The van der Waals surface area contributed by atoms with Crippen molar-refractivity contribution in [2.45, 2.75) is 0 Å². The van der Waals surface area contributed by atoms with E-state index in [0.717, 1.165) is 0 Å². The molecule has 0 N–H and O–H groups in total. The van der Waals surface area contributed by atoms with Crippen LogP contribution in [0, 0.1) is 0 Å². The van der Waals surface area contributed by atoms with Gasteiger partial charge < -0.3 is 4.90 Å². The summed E-state index contributed by atoms with van der Waals surface area (Å²) in [6.45, 7) is 0. The van der Waals surface area contributed by atoms with Gasteiger partial charge in [-0.1, -0.05) is 133 Å². The van der Waals surface area contributed by atoms with Crippen molar-refractivity contribution in [3.8, 4) is 33.4 Å². The van der Waals surface area contributed by atoms with Gasteiger partial charge in [-0.2, -0.15) is 0 Å². The Balaban J connectivity index is 1.10. The van der Waals surface area contributed by atoms with Gasteiger partial charge in [0.2, 0.25) is 0 Å². The second-order valence-corrected chi connectivity index (χ2v) is 12.5. The molecule has 10 rings (SSSR count). The molecule has 1 heterocycles. The van der Waals surface area contributed by atoms with Crippen LogP contribution in [0.3, 0.4) is 0 Å². The van der Waals surface area contributed by atoms with Crippen molar-refractivity contribution in [1.29, 1.82) is 0 Å². The number of nitrogens with zero attached hydrogens (tertiary/aromatic N) is 1. The molecule has 9 aromatic rings. The van der Waals surface area contributed by atoms with Gasteiger partial charge in [0.05, 0.1) is 11.4 Å². The van der Waals surface area contributed by atoms with Crippen LogP contribution in [0.2, 0.25) is 0 Å². The fourth-order valence-electron chi connectivity index (χ4n) is 7.71. The molecular formula is C46H29N. The number of benzene rings is 9. The van der Waals surface area contributed by atoms with E-state index in [4.69, 9.17) is 0 Å². The summed E-state index contributed by atoms with van der Waals surface area (Å²) in [5, 5.41) is 10.2. The Morgan fingerprint density at radius 2 is 0.915 bits per heavy atom. The van der Waals surface area contributed by atoms with Crippen LogP contribution < -0.4 is 4.90 Å². The number of hydrogen-bond acceptors (Lipinski definition) is 1. The van der Waals surface area contributed by atoms with Crippen LogP contribution in [0.25, 0.3) is 76.5 Å². The Labute approximate surface area is 273 Å². The molecule has 0 aromatic heterocycles. The van der Waals surface area contributed by atoms with E-state index >= 15 is 0 Å². The first-order chi connectivity index (χ1) is 23.3. The van der Waals surface area contributed by atoms with Crippen LogP contribution in [0.1, 0.15) is 0 Å². The topological polar surface area (TPSA) is 3.24 Å². The standard InChI is InChI=1S/C46H29N/c1-2-10-37(11-3-1)47-44-16-7-6-13-40(44)42-15-8-14-41-39(25-26-45(47)46(41)42)36-24-23-32-27-33(21-22-34(32)28-36)35-20-19-31-18-17-30-9-4-5-12-38(30)43(31)29-35/h1-29H. The van der Waals surface area contributed by atoms with E-state index in [1.807, 2.05) is 0 Å². The molecule has 0 radical (unpaired) electrons. The number of fused-ring (bicyclic) bond motifs is 6. The third kappa shape index (κ3) is 4.03. The summed E-state index contributed by atoms with van der Waals surface area (Å²) in [5.41, 5.74) is 11.1. The fourth-order valence-corrected chi connectivity index (χ4v) is 7.71. The molecular weight excluding hydrogens is 567 g/mol. The normalized spacial score (nSPS) is 12.2. The van der Waals surface area contributed by atoms with E-state index in [1.54, 1.807) is 0 Å². The molecule has 1 aliphatic heterocycles. The predicted molar refractivity (Wildman–Crippen MR) is 201 cm³/mol. The average molecular weight is 596 g/mol. The minimum absolute atomic E-state index is 1.17. The monoisotopic (exact) mass is 595 g/mol. The molecule has 0 amide bonds. The second kappa shape index (κ2) is 10.2. The van der Waals surface area contributed by atoms with Crippen molar-refractivity contribution in [3.05, 3.63) is 176 Å². The zero-order valence-corrected chi connectivity index (χ0v) is 25.7. The molecule has 0 bridgehead atoms. The van der Waals surface area contributed by atoms with Crippen molar-refractivity contribution in [2.24, 2.45) is 0 Å². The Bertz CT molecular complexity index is 2690. The highest BCUT2D eigenvalue weighted by Crippen LogP contribution is 2.52. The van der Waals surface area contributed by atoms with Crippen LogP contribution in [0.5, 0.6) is 0 Å². The summed E-state index contributed by atoms with van der Waals surface area (Å²) in [7, 11) is 0. The number of hydrogen-bond donors (Lipinski definition) is 0. The highest BCUT2D eigenvalue weighted by molar-refractivity contribution is 6.17. The van der Waals surface area contributed by atoms with Crippen LogP contribution in [-0.4, -0.2) is 0 Å². The molecule has 9 aromatic carbocycles. The van der Waals surface area contributed by atoms with Crippen LogP contribution in [-0.2, 0) is 0 Å². The maximum absolute atomic E-state index is 2.41. The number of rotatable bonds is 3. The summed E-state index contributed by atoms with van der Waals surface area (Å²) in [6.07, 6.45) is 0. The molecule has 1 nitrogen and oxygen atoms in total. The van der Waals surface area contributed by atoms with Gasteiger partial charge in [-0.3, -0.25) is 0 Å². The van der Waals surface area contributed by atoms with Gasteiger partial charge in [0, 0.05) is 16.6 Å². The van der Waals surface area contributed by atoms with E-state index in [-0.39, 0.29) is 0 Å². The first kappa shape index (κ1) is 26.1. The molecule has 0 unspecified atom stereocenters. The summed E-state index contributed by atoms with van der Waals surface area (Å²) in [6, 6.07) is 64.6. The highest BCUT2D eigenvalue weighted by atomic mass is 15.2. The van der Waals surface area contributed by atoms with Gasteiger partial charge in [-0.05, 0) is 108 Å². The van der Waals surface area contributed by atoms with Gasteiger partial charge >= 0.3 is 0 Å². The lowest BCUT2D eigenvalue weighted by Gasteiger charge is -2.34. The summed E-state index contributed by atoms with van der Waals surface area (Å²) < 4.78 is 0. The van der Waals surface area contributed by atoms with Crippen molar-refractivity contribution >= 4 is 60.2 Å².